The molecule has 1 heterocycles. The second kappa shape index (κ2) is 9.88. The van der Waals surface area contributed by atoms with Crippen LogP contribution >= 0.6 is 31.9 Å². The van der Waals surface area contributed by atoms with Gasteiger partial charge in [0.1, 0.15) is 26.7 Å². The van der Waals surface area contributed by atoms with Crippen LogP contribution in [0.3, 0.4) is 0 Å². The Morgan fingerprint density at radius 2 is 0.875 bits per heavy atom. The molecule has 0 N–H and O–H groups in total. The lowest BCUT2D eigenvalue weighted by atomic mass is 10.4. The molecule has 0 saturated carbocycles. The van der Waals surface area contributed by atoms with Crippen molar-refractivity contribution in [3.8, 4) is 0 Å². The zero-order valence-corrected chi connectivity index (χ0v) is 21.0. The zero-order valence-electron chi connectivity index (χ0n) is 16.2. The zero-order chi connectivity index (χ0) is 23.5. The smallest absolute Gasteiger partial charge is 0.230 e. The van der Waals surface area contributed by atoms with E-state index in [1.54, 1.807) is 0 Å². The van der Waals surface area contributed by atoms with Gasteiger partial charge in [-0.05, 0) is 48.5 Å². The molecular formula is C16H16Br2N6O6S2. The summed E-state index contributed by atoms with van der Waals surface area (Å²) in [6, 6.07) is 11.5. The lowest BCUT2D eigenvalue weighted by Crippen LogP contribution is -2.54. The second-order valence-corrected chi connectivity index (χ2v) is 12.3. The van der Waals surface area contributed by atoms with Gasteiger partial charge in [0.05, 0.1) is 20.4 Å². The molecule has 0 aliphatic carbocycles. The van der Waals surface area contributed by atoms with E-state index in [2.05, 4.69) is 42.4 Å². The van der Waals surface area contributed by atoms with Gasteiger partial charge in [-0.2, -0.15) is 8.61 Å². The van der Waals surface area contributed by atoms with Crippen LogP contribution in [-0.4, -0.2) is 62.1 Å². The summed E-state index contributed by atoms with van der Waals surface area (Å²) < 4.78 is 55.1. The minimum Gasteiger partial charge on any atom is -0.230 e. The van der Waals surface area contributed by atoms with Crippen LogP contribution in [-0.2, 0) is 20.0 Å². The van der Waals surface area contributed by atoms with Gasteiger partial charge in [-0.1, -0.05) is 31.9 Å². The Bertz CT molecular complexity index is 1090. The molecule has 2 aromatic rings. The molecule has 1 aliphatic heterocycles. The Morgan fingerprint density at radius 3 is 1.12 bits per heavy atom. The Hall–Kier alpha value is -1.98. The number of rotatable bonds is 6. The SMILES string of the molecule is O=NN1CN(S(=O)(=O)c2ccc(Br)cc2)CN(N=O)CN(S(=O)(=O)c2ccc(Br)cc2)C1. The highest BCUT2D eigenvalue weighted by Crippen LogP contribution is 2.24. The van der Waals surface area contributed by atoms with Crippen LogP contribution in [0, 0.1) is 9.81 Å². The van der Waals surface area contributed by atoms with Crippen LogP contribution in [0.1, 0.15) is 0 Å². The highest BCUT2D eigenvalue weighted by molar-refractivity contribution is 9.10. The van der Waals surface area contributed by atoms with E-state index in [-0.39, 0.29) is 9.79 Å². The minimum absolute atomic E-state index is 0.0858. The molecule has 0 bridgehead atoms. The highest BCUT2D eigenvalue weighted by atomic mass is 79.9. The Morgan fingerprint density at radius 1 is 0.594 bits per heavy atom. The van der Waals surface area contributed by atoms with Gasteiger partial charge in [0.2, 0.25) is 20.0 Å². The molecule has 1 aliphatic rings. The van der Waals surface area contributed by atoms with E-state index in [0.717, 1.165) is 18.6 Å². The molecule has 172 valence electrons. The molecule has 2 aromatic carbocycles. The fourth-order valence-corrected chi connectivity index (χ4v) is 6.05. The summed E-state index contributed by atoms with van der Waals surface area (Å²) in [7, 11) is -8.31. The van der Waals surface area contributed by atoms with Gasteiger partial charge >= 0.3 is 0 Å². The quantitative estimate of drug-likeness (QED) is 0.454. The molecule has 32 heavy (non-hydrogen) atoms. The molecule has 0 atom stereocenters. The molecule has 3 rings (SSSR count). The summed E-state index contributed by atoms with van der Waals surface area (Å²) >= 11 is 6.44. The second-order valence-electron chi connectivity index (χ2n) is 6.56. The van der Waals surface area contributed by atoms with Gasteiger partial charge in [0.25, 0.3) is 0 Å². The van der Waals surface area contributed by atoms with Crippen molar-refractivity contribution in [1.82, 2.24) is 18.6 Å². The van der Waals surface area contributed by atoms with Crippen molar-refractivity contribution in [2.75, 3.05) is 26.7 Å². The van der Waals surface area contributed by atoms with Crippen LogP contribution in [0.25, 0.3) is 0 Å². The molecule has 1 fully saturated rings. The maximum atomic E-state index is 13.1. The predicted molar refractivity (Wildman–Crippen MR) is 121 cm³/mol. The topological polar surface area (TPSA) is 140 Å². The average Bonchev–Trinajstić information content (AvgIpc) is 2.74. The van der Waals surface area contributed by atoms with E-state index >= 15 is 0 Å². The Kier molecular flexibility index (Phi) is 7.61. The van der Waals surface area contributed by atoms with E-state index in [9.17, 15) is 26.6 Å². The van der Waals surface area contributed by atoms with E-state index < -0.39 is 46.7 Å². The molecule has 0 unspecified atom stereocenters. The molecule has 0 spiro atoms. The van der Waals surface area contributed by atoms with Gasteiger partial charge in [-0.3, -0.25) is 0 Å². The fraction of sp³-hybridized carbons (Fsp3) is 0.250. The third-order valence-corrected chi connectivity index (χ3v) is 9.03. The van der Waals surface area contributed by atoms with Crippen LogP contribution < -0.4 is 0 Å². The van der Waals surface area contributed by atoms with Crippen molar-refractivity contribution in [1.29, 1.82) is 0 Å². The number of hydrogen-bond donors (Lipinski definition) is 0. The first kappa shape index (κ1) is 24.7. The maximum absolute atomic E-state index is 13.1. The van der Waals surface area contributed by atoms with Gasteiger partial charge < -0.3 is 0 Å². The van der Waals surface area contributed by atoms with Crippen LogP contribution in [0.15, 0.2) is 77.8 Å². The monoisotopic (exact) mass is 610 g/mol. The number of nitroso groups, excluding NO2 is 2. The van der Waals surface area contributed by atoms with Crippen molar-refractivity contribution in [2.45, 2.75) is 9.79 Å². The third-order valence-electron chi connectivity index (χ3n) is 4.42. The number of nitrogens with zero attached hydrogens (tertiary/aromatic N) is 6. The number of hydrogen-bond acceptors (Lipinski definition) is 8. The summed E-state index contributed by atoms with van der Waals surface area (Å²) in [6.45, 7) is -2.39. The van der Waals surface area contributed by atoms with Crippen LogP contribution in [0.2, 0.25) is 0 Å². The Balaban J connectivity index is 1.93. The van der Waals surface area contributed by atoms with Crippen molar-refractivity contribution in [2.24, 2.45) is 10.6 Å². The molecule has 0 amide bonds. The average molecular weight is 612 g/mol. The number of halogens is 2. The minimum atomic E-state index is -4.16. The fourth-order valence-electron chi connectivity index (χ4n) is 2.83. The summed E-state index contributed by atoms with van der Waals surface area (Å²) in [4.78, 5) is 22.6. The van der Waals surface area contributed by atoms with Crippen molar-refractivity contribution < 1.29 is 16.8 Å². The first-order chi connectivity index (χ1) is 15.1. The molecule has 1 saturated heterocycles. The van der Waals surface area contributed by atoms with E-state index in [4.69, 9.17) is 0 Å². The highest BCUT2D eigenvalue weighted by Gasteiger charge is 2.36. The predicted octanol–water partition coefficient (Wildman–Crippen LogP) is 2.70. The summed E-state index contributed by atoms with van der Waals surface area (Å²) in [6.07, 6.45) is 0. The molecule has 16 heteroatoms. The molecule has 12 nitrogen and oxygen atoms in total. The van der Waals surface area contributed by atoms with E-state index in [1.807, 2.05) is 0 Å². The first-order valence-corrected chi connectivity index (χ1v) is 13.2. The van der Waals surface area contributed by atoms with Gasteiger partial charge in [-0.25, -0.2) is 26.9 Å². The normalized spacial score (nSPS) is 16.9. The lowest BCUT2D eigenvalue weighted by Gasteiger charge is -2.36. The lowest BCUT2D eigenvalue weighted by molar-refractivity contribution is 0.0405. The maximum Gasteiger partial charge on any atom is 0.246 e. The van der Waals surface area contributed by atoms with Crippen molar-refractivity contribution >= 4 is 51.9 Å². The van der Waals surface area contributed by atoms with E-state index in [0.29, 0.717) is 8.95 Å². The number of sulfonamides is 2. The summed E-state index contributed by atoms with van der Waals surface area (Å²) in [5.41, 5.74) is 0. The third kappa shape index (κ3) is 5.32. The first-order valence-electron chi connectivity index (χ1n) is 8.76. The summed E-state index contributed by atoms with van der Waals surface area (Å²) in [5.74, 6) is 0. The largest absolute Gasteiger partial charge is 0.246 e. The molecule has 0 radical (unpaired) electrons. The van der Waals surface area contributed by atoms with Crippen molar-refractivity contribution in [3.63, 3.8) is 0 Å². The summed E-state index contributed by atoms with van der Waals surface area (Å²) in [5, 5.41) is 7.01. The van der Waals surface area contributed by atoms with Crippen LogP contribution in [0.5, 0.6) is 0 Å². The molecule has 0 aromatic heterocycles. The van der Waals surface area contributed by atoms with Crippen LogP contribution in [0.4, 0.5) is 0 Å². The number of benzene rings is 2. The van der Waals surface area contributed by atoms with Gasteiger partial charge in [-0.15, -0.1) is 9.81 Å². The van der Waals surface area contributed by atoms with E-state index in [1.165, 1.54) is 48.5 Å². The Labute approximate surface area is 201 Å². The van der Waals surface area contributed by atoms with Gasteiger partial charge in [0, 0.05) is 8.95 Å². The van der Waals surface area contributed by atoms with Gasteiger partial charge in [0.15, 0.2) is 0 Å². The molecular weight excluding hydrogens is 596 g/mol. The standard InChI is InChI=1S/C16H16Br2N6O6S2/c17-13-1-5-15(6-2-13)31(27,28)23-9-21(19-25)11-24(12-22(10-23)20-26)32(29,30)16-7-3-14(18)4-8-16/h1-8H,9-12H2. The van der Waals surface area contributed by atoms with Crippen molar-refractivity contribution in [3.05, 3.63) is 67.3 Å².